The zero-order valence-corrected chi connectivity index (χ0v) is 21.6. The average molecular weight is 563 g/mol. The van der Waals surface area contributed by atoms with Gasteiger partial charge >= 0.3 is 6.18 Å². The molecular formula is C26H22ClF3N4O3S. The van der Waals surface area contributed by atoms with Gasteiger partial charge in [-0.1, -0.05) is 23.7 Å². The third kappa shape index (κ3) is 6.57. The Balaban J connectivity index is 1.72. The fourth-order valence-electron chi connectivity index (χ4n) is 4.09. The quantitative estimate of drug-likeness (QED) is 0.333. The Morgan fingerprint density at radius 2 is 1.71 bits per heavy atom. The first-order valence-electron chi connectivity index (χ1n) is 11.3. The summed E-state index contributed by atoms with van der Waals surface area (Å²) in [7, 11) is -3.35. The zero-order chi connectivity index (χ0) is 27.5. The maximum absolute atomic E-state index is 13.5. The van der Waals surface area contributed by atoms with Crippen LogP contribution in [0.15, 0.2) is 77.8 Å². The summed E-state index contributed by atoms with van der Waals surface area (Å²) in [6.45, 7) is 0.142. The first-order valence-corrected chi connectivity index (χ1v) is 13.8. The SMILES string of the molecule is CS(=O)(=O)CCN1CC(c2cccc(C(F)(F)F)c2)N(c2ccc(Oc3ccc(Cl)cc3)cc2)/C1=N\C#N. The van der Waals surface area contributed by atoms with E-state index in [2.05, 4.69) is 4.99 Å². The third-order valence-corrected chi connectivity index (χ3v) is 7.02. The van der Waals surface area contributed by atoms with Crippen LogP contribution in [0, 0.1) is 11.5 Å². The number of hydrogen-bond acceptors (Lipinski definition) is 5. The molecule has 1 saturated heterocycles. The molecule has 1 heterocycles. The molecule has 1 aliphatic rings. The average Bonchev–Trinajstić information content (AvgIpc) is 3.22. The molecule has 198 valence electrons. The Kier molecular flexibility index (Phi) is 7.85. The van der Waals surface area contributed by atoms with Crippen molar-refractivity contribution in [3.63, 3.8) is 0 Å². The van der Waals surface area contributed by atoms with Crippen LogP contribution >= 0.6 is 11.6 Å². The van der Waals surface area contributed by atoms with Crippen molar-refractivity contribution in [2.75, 3.05) is 30.0 Å². The summed E-state index contributed by atoms with van der Waals surface area (Å²) in [6, 6.07) is 17.8. The van der Waals surface area contributed by atoms with Crippen LogP contribution in [0.4, 0.5) is 18.9 Å². The second-order valence-electron chi connectivity index (χ2n) is 8.65. The van der Waals surface area contributed by atoms with Crippen LogP contribution in [0.1, 0.15) is 17.2 Å². The molecule has 0 radical (unpaired) electrons. The molecule has 0 saturated carbocycles. The second-order valence-corrected chi connectivity index (χ2v) is 11.3. The Morgan fingerprint density at radius 3 is 2.29 bits per heavy atom. The molecule has 1 atom stereocenters. The molecule has 12 heteroatoms. The molecule has 7 nitrogen and oxygen atoms in total. The number of aliphatic imine (C=N–C) groups is 1. The molecule has 0 amide bonds. The summed E-state index contributed by atoms with van der Waals surface area (Å²) in [5.41, 5.74) is 0.0653. The van der Waals surface area contributed by atoms with Crippen molar-refractivity contribution in [3.05, 3.63) is 88.9 Å². The Labute approximate surface area is 223 Å². The third-order valence-electron chi connectivity index (χ3n) is 5.85. The minimum atomic E-state index is -4.54. The van der Waals surface area contributed by atoms with Crippen molar-refractivity contribution in [2.24, 2.45) is 4.99 Å². The Bertz CT molecular complexity index is 1470. The van der Waals surface area contributed by atoms with Gasteiger partial charge in [0.15, 0.2) is 0 Å². The van der Waals surface area contributed by atoms with E-state index >= 15 is 0 Å². The van der Waals surface area contributed by atoms with E-state index in [1.807, 2.05) is 0 Å². The van der Waals surface area contributed by atoms with Crippen LogP contribution in [0.5, 0.6) is 11.5 Å². The molecule has 0 aliphatic carbocycles. The molecule has 1 unspecified atom stereocenters. The van der Waals surface area contributed by atoms with Crippen molar-refractivity contribution in [1.82, 2.24) is 4.90 Å². The highest BCUT2D eigenvalue weighted by Crippen LogP contribution is 2.38. The summed E-state index contributed by atoms with van der Waals surface area (Å²) in [4.78, 5) is 7.14. The molecular weight excluding hydrogens is 541 g/mol. The topological polar surface area (TPSA) is 86.0 Å². The fourth-order valence-corrected chi connectivity index (χ4v) is 4.76. The van der Waals surface area contributed by atoms with Crippen LogP contribution in [-0.4, -0.2) is 44.4 Å². The number of hydrogen-bond donors (Lipinski definition) is 0. The number of rotatable bonds is 7. The van der Waals surface area contributed by atoms with Crippen LogP contribution in [-0.2, 0) is 16.0 Å². The number of alkyl halides is 3. The van der Waals surface area contributed by atoms with Crippen LogP contribution < -0.4 is 9.64 Å². The van der Waals surface area contributed by atoms with E-state index in [0.29, 0.717) is 27.8 Å². The number of anilines is 1. The highest BCUT2D eigenvalue weighted by Gasteiger charge is 2.39. The zero-order valence-electron chi connectivity index (χ0n) is 20.1. The molecule has 0 spiro atoms. The lowest BCUT2D eigenvalue weighted by Gasteiger charge is -2.26. The summed E-state index contributed by atoms with van der Waals surface area (Å²) in [5, 5.41) is 9.95. The van der Waals surface area contributed by atoms with Gasteiger partial charge in [-0.15, -0.1) is 4.99 Å². The van der Waals surface area contributed by atoms with E-state index in [1.165, 1.54) is 6.07 Å². The number of guanidine groups is 1. The van der Waals surface area contributed by atoms with Gasteiger partial charge in [-0.3, -0.25) is 0 Å². The first-order chi connectivity index (χ1) is 17.9. The molecule has 0 N–H and O–H groups in total. The van der Waals surface area contributed by atoms with Crippen LogP contribution in [0.3, 0.4) is 0 Å². The highest BCUT2D eigenvalue weighted by molar-refractivity contribution is 7.90. The Hall–Kier alpha value is -3.75. The minimum Gasteiger partial charge on any atom is -0.457 e. The van der Waals surface area contributed by atoms with E-state index in [4.69, 9.17) is 16.3 Å². The van der Waals surface area contributed by atoms with E-state index in [-0.39, 0.29) is 24.8 Å². The van der Waals surface area contributed by atoms with Gasteiger partial charge in [0.1, 0.15) is 21.3 Å². The van der Waals surface area contributed by atoms with Crippen molar-refractivity contribution in [1.29, 1.82) is 5.26 Å². The van der Waals surface area contributed by atoms with Gasteiger partial charge in [-0.25, -0.2) is 8.42 Å². The lowest BCUT2D eigenvalue weighted by molar-refractivity contribution is -0.137. The van der Waals surface area contributed by atoms with Gasteiger partial charge < -0.3 is 14.5 Å². The van der Waals surface area contributed by atoms with Gasteiger partial charge in [0.2, 0.25) is 12.2 Å². The molecule has 1 aliphatic heterocycles. The van der Waals surface area contributed by atoms with Crippen molar-refractivity contribution < 1.29 is 26.3 Å². The molecule has 4 rings (SSSR count). The number of halogens is 4. The van der Waals surface area contributed by atoms with E-state index in [9.17, 15) is 26.9 Å². The monoisotopic (exact) mass is 562 g/mol. The van der Waals surface area contributed by atoms with Gasteiger partial charge in [-0.2, -0.15) is 18.4 Å². The number of nitrogens with zero attached hydrogens (tertiary/aromatic N) is 4. The van der Waals surface area contributed by atoms with Crippen molar-refractivity contribution in [3.8, 4) is 17.7 Å². The number of benzene rings is 3. The molecule has 0 aromatic heterocycles. The van der Waals surface area contributed by atoms with Crippen LogP contribution in [0.25, 0.3) is 0 Å². The van der Waals surface area contributed by atoms with Crippen molar-refractivity contribution >= 4 is 33.1 Å². The van der Waals surface area contributed by atoms with Gasteiger partial charge in [-0.05, 0) is 66.2 Å². The summed E-state index contributed by atoms with van der Waals surface area (Å²) in [5.74, 6) is 0.987. The number of ether oxygens (including phenoxy) is 1. The maximum atomic E-state index is 13.5. The van der Waals surface area contributed by atoms with E-state index in [1.54, 1.807) is 70.6 Å². The number of sulfone groups is 1. The largest absolute Gasteiger partial charge is 0.457 e. The predicted octanol–water partition coefficient (Wildman–Crippen LogP) is 5.90. The highest BCUT2D eigenvalue weighted by atomic mass is 35.5. The summed E-state index contributed by atoms with van der Waals surface area (Å²) in [6.07, 6.45) is -1.72. The standard InChI is InChI=1S/C26H22ClF3N4O3S/c1-38(35,36)14-13-33-16-24(18-3-2-4-19(15-18)26(28,29)30)34(25(33)32-17-31)21-7-11-23(12-8-21)37-22-9-5-20(27)6-10-22/h2-12,15,24H,13-14,16H2,1H3/b32-25-. The molecule has 0 bridgehead atoms. The minimum absolute atomic E-state index is 0.0169. The van der Waals surface area contributed by atoms with Gasteiger partial charge in [0, 0.05) is 30.1 Å². The lowest BCUT2D eigenvalue weighted by Crippen LogP contribution is -2.36. The first kappa shape index (κ1) is 27.3. The molecule has 3 aromatic carbocycles. The fraction of sp³-hybridized carbons (Fsp3) is 0.231. The molecule has 38 heavy (non-hydrogen) atoms. The van der Waals surface area contributed by atoms with Crippen molar-refractivity contribution in [2.45, 2.75) is 12.2 Å². The van der Waals surface area contributed by atoms with Gasteiger partial charge in [0.05, 0.1) is 17.4 Å². The summed E-state index contributed by atoms with van der Waals surface area (Å²) >= 11 is 5.91. The normalized spacial score (nSPS) is 17.1. The Morgan fingerprint density at radius 1 is 1.08 bits per heavy atom. The number of nitriles is 1. The smallest absolute Gasteiger partial charge is 0.416 e. The lowest BCUT2D eigenvalue weighted by atomic mass is 10.0. The molecule has 1 fully saturated rings. The maximum Gasteiger partial charge on any atom is 0.416 e. The van der Waals surface area contributed by atoms with Crippen LogP contribution in [0.2, 0.25) is 5.02 Å². The second kappa shape index (κ2) is 10.9. The van der Waals surface area contributed by atoms with Gasteiger partial charge in [0.25, 0.3) is 0 Å². The summed E-state index contributed by atoms with van der Waals surface area (Å²) < 4.78 is 69.9. The van der Waals surface area contributed by atoms with E-state index in [0.717, 1.165) is 18.4 Å². The van der Waals surface area contributed by atoms with E-state index < -0.39 is 27.6 Å². The predicted molar refractivity (Wildman–Crippen MR) is 139 cm³/mol. The molecule has 3 aromatic rings.